The first-order chi connectivity index (χ1) is 7.49. The molecule has 0 spiro atoms. The van der Waals surface area contributed by atoms with E-state index in [0.29, 0.717) is 18.1 Å². The highest BCUT2D eigenvalue weighted by molar-refractivity contribution is 9.10. The van der Waals surface area contributed by atoms with Crippen LogP contribution in [0, 0.1) is 19.8 Å². The number of benzene rings is 1. The van der Waals surface area contributed by atoms with Gasteiger partial charge in [-0.1, -0.05) is 28.9 Å². The SMILES string of the molecule is Cc1cc(Br)c(CC(C)C2OC2C)cc1C. The van der Waals surface area contributed by atoms with Crippen LogP contribution in [0.1, 0.15) is 30.5 Å². The molecule has 0 N–H and O–H groups in total. The summed E-state index contributed by atoms with van der Waals surface area (Å²) < 4.78 is 6.76. The van der Waals surface area contributed by atoms with Gasteiger partial charge in [-0.15, -0.1) is 0 Å². The minimum Gasteiger partial charge on any atom is -0.370 e. The third-order valence-electron chi connectivity index (χ3n) is 3.52. The maximum absolute atomic E-state index is 5.53. The summed E-state index contributed by atoms with van der Waals surface area (Å²) in [4.78, 5) is 0. The Bertz CT molecular complexity index is 400. The van der Waals surface area contributed by atoms with Crippen LogP contribution in [0.5, 0.6) is 0 Å². The van der Waals surface area contributed by atoms with E-state index in [-0.39, 0.29) is 0 Å². The lowest BCUT2D eigenvalue weighted by molar-refractivity contribution is 0.328. The van der Waals surface area contributed by atoms with Crippen molar-refractivity contribution in [3.05, 3.63) is 33.3 Å². The molecule has 0 aromatic heterocycles. The van der Waals surface area contributed by atoms with E-state index in [0.717, 1.165) is 6.42 Å². The molecule has 1 aromatic carbocycles. The largest absolute Gasteiger partial charge is 0.370 e. The van der Waals surface area contributed by atoms with Crippen molar-refractivity contribution in [2.75, 3.05) is 0 Å². The zero-order chi connectivity index (χ0) is 11.9. The normalized spacial score (nSPS) is 25.6. The Labute approximate surface area is 106 Å². The molecular weight excluding hydrogens is 264 g/mol. The Kier molecular flexibility index (Phi) is 3.41. The van der Waals surface area contributed by atoms with Crippen LogP contribution < -0.4 is 0 Å². The highest BCUT2D eigenvalue weighted by Crippen LogP contribution is 2.33. The molecule has 3 unspecified atom stereocenters. The number of epoxide rings is 1. The van der Waals surface area contributed by atoms with Crippen LogP contribution in [0.25, 0.3) is 0 Å². The van der Waals surface area contributed by atoms with Crippen LogP contribution in [0.2, 0.25) is 0 Å². The summed E-state index contributed by atoms with van der Waals surface area (Å²) in [5.74, 6) is 0.605. The molecule has 2 rings (SSSR count). The van der Waals surface area contributed by atoms with E-state index in [2.05, 4.69) is 55.8 Å². The van der Waals surface area contributed by atoms with Gasteiger partial charge < -0.3 is 4.74 Å². The van der Waals surface area contributed by atoms with Crippen molar-refractivity contribution in [1.82, 2.24) is 0 Å². The van der Waals surface area contributed by atoms with Crippen molar-refractivity contribution in [2.45, 2.75) is 46.3 Å². The first-order valence-electron chi connectivity index (χ1n) is 5.90. The van der Waals surface area contributed by atoms with Crippen molar-refractivity contribution >= 4 is 15.9 Å². The van der Waals surface area contributed by atoms with Gasteiger partial charge in [-0.05, 0) is 55.9 Å². The fourth-order valence-electron chi connectivity index (χ4n) is 2.26. The first-order valence-corrected chi connectivity index (χ1v) is 6.69. The molecule has 0 aliphatic carbocycles. The van der Waals surface area contributed by atoms with Crippen LogP contribution in [0.3, 0.4) is 0 Å². The monoisotopic (exact) mass is 282 g/mol. The van der Waals surface area contributed by atoms with Gasteiger partial charge >= 0.3 is 0 Å². The molecule has 0 bridgehead atoms. The van der Waals surface area contributed by atoms with Gasteiger partial charge in [0.1, 0.15) is 0 Å². The fraction of sp³-hybridized carbons (Fsp3) is 0.571. The van der Waals surface area contributed by atoms with Crippen molar-refractivity contribution in [3.8, 4) is 0 Å². The highest BCUT2D eigenvalue weighted by atomic mass is 79.9. The molecule has 88 valence electrons. The summed E-state index contributed by atoms with van der Waals surface area (Å²) in [6.07, 6.45) is 2.02. The molecule has 3 atom stereocenters. The summed E-state index contributed by atoms with van der Waals surface area (Å²) in [5, 5.41) is 0. The van der Waals surface area contributed by atoms with Crippen LogP contribution >= 0.6 is 15.9 Å². The number of rotatable bonds is 3. The predicted octanol–water partition coefficient (Wildman–Crippen LogP) is 4.03. The van der Waals surface area contributed by atoms with E-state index < -0.39 is 0 Å². The number of hydrogen-bond donors (Lipinski definition) is 0. The Morgan fingerprint density at radius 1 is 1.31 bits per heavy atom. The van der Waals surface area contributed by atoms with Crippen LogP contribution in [-0.4, -0.2) is 12.2 Å². The minimum absolute atomic E-state index is 0.459. The number of ether oxygens (including phenoxy) is 1. The van der Waals surface area contributed by atoms with E-state index in [4.69, 9.17) is 4.74 Å². The Hall–Kier alpha value is -0.340. The first kappa shape index (κ1) is 12.1. The van der Waals surface area contributed by atoms with Crippen molar-refractivity contribution in [2.24, 2.45) is 5.92 Å². The Balaban J connectivity index is 2.12. The maximum Gasteiger partial charge on any atom is 0.0867 e. The third kappa shape index (κ3) is 2.49. The smallest absolute Gasteiger partial charge is 0.0867 e. The number of aryl methyl sites for hydroxylation is 2. The second kappa shape index (κ2) is 4.50. The molecule has 1 saturated heterocycles. The summed E-state index contributed by atoms with van der Waals surface area (Å²) in [6.45, 7) is 8.75. The zero-order valence-electron chi connectivity index (χ0n) is 10.4. The standard InChI is InChI=1S/C14H19BrO/c1-8-5-12(13(15)7-9(8)2)6-10(3)14-11(4)16-14/h5,7,10-11,14H,6H2,1-4H3. The van der Waals surface area contributed by atoms with Crippen LogP contribution in [0.4, 0.5) is 0 Å². The van der Waals surface area contributed by atoms with Gasteiger partial charge in [-0.2, -0.15) is 0 Å². The maximum atomic E-state index is 5.53. The molecule has 0 saturated carbocycles. The summed E-state index contributed by atoms with van der Waals surface area (Å²) >= 11 is 3.65. The van der Waals surface area contributed by atoms with E-state index in [1.165, 1.54) is 21.2 Å². The summed E-state index contributed by atoms with van der Waals surface area (Å²) in [5.41, 5.74) is 4.12. The minimum atomic E-state index is 0.459. The molecule has 0 amide bonds. The number of halogens is 1. The molecule has 1 aromatic rings. The molecule has 1 heterocycles. The van der Waals surface area contributed by atoms with Gasteiger partial charge in [0.25, 0.3) is 0 Å². The van der Waals surface area contributed by atoms with E-state index in [9.17, 15) is 0 Å². The second-order valence-corrected chi connectivity index (χ2v) is 5.87. The molecule has 2 heteroatoms. The molecular formula is C14H19BrO. The van der Waals surface area contributed by atoms with Crippen LogP contribution in [-0.2, 0) is 11.2 Å². The zero-order valence-corrected chi connectivity index (χ0v) is 12.0. The lowest BCUT2D eigenvalue weighted by Gasteiger charge is -2.12. The molecule has 1 fully saturated rings. The predicted molar refractivity (Wildman–Crippen MR) is 70.8 cm³/mol. The van der Waals surface area contributed by atoms with Crippen LogP contribution in [0.15, 0.2) is 16.6 Å². The van der Waals surface area contributed by atoms with Gasteiger partial charge in [0.15, 0.2) is 0 Å². The third-order valence-corrected chi connectivity index (χ3v) is 4.26. The molecule has 1 aliphatic heterocycles. The topological polar surface area (TPSA) is 12.5 Å². The second-order valence-electron chi connectivity index (χ2n) is 5.02. The highest BCUT2D eigenvalue weighted by Gasteiger charge is 2.38. The van der Waals surface area contributed by atoms with Gasteiger partial charge in [-0.3, -0.25) is 0 Å². The van der Waals surface area contributed by atoms with E-state index in [1.54, 1.807) is 0 Å². The fourth-order valence-corrected chi connectivity index (χ4v) is 2.88. The van der Waals surface area contributed by atoms with Gasteiger partial charge in [-0.25, -0.2) is 0 Å². The molecule has 1 aliphatic rings. The van der Waals surface area contributed by atoms with Gasteiger partial charge in [0.2, 0.25) is 0 Å². The average Bonchev–Trinajstić information content (AvgIpc) is 2.92. The quantitative estimate of drug-likeness (QED) is 0.763. The Morgan fingerprint density at radius 3 is 2.44 bits per heavy atom. The lowest BCUT2D eigenvalue weighted by Crippen LogP contribution is -2.09. The average molecular weight is 283 g/mol. The van der Waals surface area contributed by atoms with Crippen molar-refractivity contribution < 1.29 is 4.74 Å². The van der Waals surface area contributed by atoms with Gasteiger partial charge in [0.05, 0.1) is 12.2 Å². The van der Waals surface area contributed by atoms with E-state index >= 15 is 0 Å². The van der Waals surface area contributed by atoms with Gasteiger partial charge in [0, 0.05) is 4.47 Å². The molecule has 0 radical (unpaired) electrons. The number of hydrogen-bond acceptors (Lipinski definition) is 1. The molecule has 1 nitrogen and oxygen atoms in total. The Morgan fingerprint density at radius 2 is 1.88 bits per heavy atom. The summed E-state index contributed by atoms with van der Waals surface area (Å²) in [6, 6.07) is 4.51. The summed E-state index contributed by atoms with van der Waals surface area (Å²) in [7, 11) is 0. The van der Waals surface area contributed by atoms with E-state index in [1.807, 2.05) is 0 Å². The van der Waals surface area contributed by atoms with Crippen molar-refractivity contribution in [1.29, 1.82) is 0 Å². The van der Waals surface area contributed by atoms with Crippen molar-refractivity contribution in [3.63, 3.8) is 0 Å². The lowest BCUT2D eigenvalue weighted by atomic mass is 9.95. The molecule has 16 heavy (non-hydrogen) atoms.